The van der Waals surface area contributed by atoms with Gasteiger partial charge in [0.1, 0.15) is 11.0 Å². The number of hydrogen-bond acceptors (Lipinski definition) is 5. The van der Waals surface area contributed by atoms with Gasteiger partial charge in [-0.1, -0.05) is 30.3 Å². The number of amides is 3. The predicted octanol–water partition coefficient (Wildman–Crippen LogP) is 2.98. The third-order valence-electron chi connectivity index (χ3n) is 3.61. The summed E-state index contributed by atoms with van der Waals surface area (Å²) in [7, 11) is 0. The van der Waals surface area contributed by atoms with E-state index in [9.17, 15) is 9.59 Å². The summed E-state index contributed by atoms with van der Waals surface area (Å²) < 4.78 is 0. The Morgan fingerprint density at radius 2 is 2.09 bits per heavy atom. The number of hydrogen-bond donors (Lipinski definition) is 1. The summed E-state index contributed by atoms with van der Waals surface area (Å²) in [5.41, 5.74) is 1.78. The Kier molecular flexibility index (Phi) is 4.97. The fourth-order valence-corrected chi connectivity index (χ4v) is 3.70. The van der Waals surface area contributed by atoms with E-state index in [1.165, 1.54) is 16.2 Å². The van der Waals surface area contributed by atoms with Crippen molar-refractivity contribution in [3.05, 3.63) is 41.4 Å². The molecule has 2 heterocycles. The fourth-order valence-electron chi connectivity index (χ4n) is 2.41. The van der Waals surface area contributed by atoms with Crippen LogP contribution in [-0.2, 0) is 11.3 Å². The SMILES string of the molecule is CSCC[C@H]1NC(=O)N(Cc2csc(-c3ccccc3)n2)C1=O. The molecule has 1 fully saturated rings. The number of carbonyl (C=O) groups is 2. The standard InChI is InChI=1S/C16H17N3O2S2/c1-22-8-7-13-15(20)19(16(21)18-13)9-12-10-23-14(17-12)11-5-3-2-4-6-11/h2-6,10,13H,7-9H2,1H3,(H,18,21)/t13-/m1/s1. The second kappa shape index (κ2) is 7.14. The zero-order valence-corrected chi connectivity index (χ0v) is 14.3. The van der Waals surface area contributed by atoms with E-state index in [4.69, 9.17) is 0 Å². The first-order chi connectivity index (χ1) is 11.2. The molecular weight excluding hydrogens is 330 g/mol. The minimum atomic E-state index is -0.401. The molecule has 3 rings (SSSR count). The van der Waals surface area contributed by atoms with Crippen molar-refractivity contribution in [3.8, 4) is 10.6 Å². The van der Waals surface area contributed by atoms with Crippen molar-refractivity contribution < 1.29 is 9.59 Å². The highest BCUT2D eigenvalue weighted by Crippen LogP contribution is 2.24. The van der Waals surface area contributed by atoms with Gasteiger partial charge in [0, 0.05) is 10.9 Å². The molecule has 0 radical (unpaired) electrons. The van der Waals surface area contributed by atoms with E-state index in [0.717, 1.165) is 22.0 Å². The lowest BCUT2D eigenvalue weighted by Crippen LogP contribution is -2.31. The zero-order chi connectivity index (χ0) is 16.2. The summed E-state index contributed by atoms with van der Waals surface area (Å²) in [5.74, 6) is 0.692. The molecule has 7 heteroatoms. The molecule has 5 nitrogen and oxygen atoms in total. The largest absolute Gasteiger partial charge is 0.326 e. The highest BCUT2D eigenvalue weighted by atomic mass is 32.2. The molecule has 120 valence electrons. The number of rotatable bonds is 6. The maximum Gasteiger partial charge on any atom is 0.325 e. The van der Waals surface area contributed by atoms with Gasteiger partial charge in [-0.15, -0.1) is 11.3 Å². The van der Waals surface area contributed by atoms with Crippen LogP contribution in [0, 0.1) is 0 Å². The minimum Gasteiger partial charge on any atom is -0.326 e. The maximum absolute atomic E-state index is 12.3. The number of aromatic nitrogens is 1. The van der Waals surface area contributed by atoms with Crippen molar-refractivity contribution in [1.29, 1.82) is 0 Å². The van der Waals surface area contributed by atoms with Gasteiger partial charge in [-0.05, 0) is 18.4 Å². The van der Waals surface area contributed by atoms with E-state index in [-0.39, 0.29) is 18.5 Å². The molecule has 0 aliphatic carbocycles. The number of nitrogens with zero attached hydrogens (tertiary/aromatic N) is 2. The van der Waals surface area contributed by atoms with Crippen molar-refractivity contribution in [3.63, 3.8) is 0 Å². The topological polar surface area (TPSA) is 62.3 Å². The molecular formula is C16H17N3O2S2. The summed E-state index contributed by atoms with van der Waals surface area (Å²) in [5, 5.41) is 5.54. The van der Waals surface area contributed by atoms with Gasteiger partial charge in [0.25, 0.3) is 5.91 Å². The molecule has 1 aromatic heterocycles. The molecule has 2 aromatic rings. The first-order valence-corrected chi connectivity index (χ1v) is 9.57. The summed E-state index contributed by atoms with van der Waals surface area (Å²) in [6, 6.07) is 9.15. The molecule has 0 bridgehead atoms. The van der Waals surface area contributed by atoms with Crippen LogP contribution in [0.2, 0.25) is 0 Å². The molecule has 0 spiro atoms. The lowest BCUT2D eigenvalue weighted by Gasteiger charge is -2.11. The first kappa shape index (κ1) is 16.0. The summed E-state index contributed by atoms with van der Waals surface area (Å²) in [4.78, 5) is 30.1. The van der Waals surface area contributed by atoms with Crippen LogP contribution in [0.4, 0.5) is 4.79 Å². The first-order valence-electron chi connectivity index (χ1n) is 7.29. The average molecular weight is 347 g/mol. The molecule has 1 aliphatic heterocycles. The van der Waals surface area contributed by atoms with Crippen LogP contribution >= 0.6 is 23.1 Å². The van der Waals surface area contributed by atoms with E-state index in [0.29, 0.717) is 6.42 Å². The van der Waals surface area contributed by atoms with Crippen LogP contribution < -0.4 is 5.32 Å². The summed E-state index contributed by atoms with van der Waals surface area (Å²) in [6.07, 6.45) is 2.65. The number of benzene rings is 1. The van der Waals surface area contributed by atoms with Gasteiger partial charge in [-0.25, -0.2) is 9.78 Å². The van der Waals surface area contributed by atoms with Crippen molar-refractivity contribution in [2.24, 2.45) is 0 Å². The molecule has 23 heavy (non-hydrogen) atoms. The summed E-state index contributed by atoms with van der Waals surface area (Å²) in [6.45, 7) is 0.226. The molecule has 1 N–H and O–H groups in total. The molecule has 1 aromatic carbocycles. The third-order valence-corrected chi connectivity index (χ3v) is 5.19. The molecule has 0 saturated carbocycles. The summed E-state index contributed by atoms with van der Waals surface area (Å²) >= 11 is 3.18. The second-order valence-corrected chi connectivity index (χ2v) is 7.06. The number of urea groups is 1. The van der Waals surface area contributed by atoms with E-state index >= 15 is 0 Å². The molecule has 1 aliphatic rings. The smallest absolute Gasteiger partial charge is 0.325 e. The molecule has 0 unspecified atom stereocenters. The Hall–Kier alpha value is -1.86. The Bertz CT molecular complexity index is 702. The van der Waals surface area contributed by atoms with E-state index in [1.807, 2.05) is 42.0 Å². The van der Waals surface area contributed by atoms with Crippen LogP contribution in [0.5, 0.6) is 0 Å². The quantitative estimate of drug-likeness (QED) is 0.816. The van der Waals surface area contributed by atoms with Crippen LogP contribution in [-0.4, -0.2) is 39.9 Å². The van der Waals surface area contributed by atoms with E-state index in [1.54, 1.807) is 11.8 Å². The van der Waals surface area contributed by atoms with Crippen molar-refractivity contribution >= 4 is 35.0 Å². The van der Waals surface area contributed by atoms with Crippen molar-refractivity contribution in [2.75, 3.05) is 12.0 Å². The zero-order valence-electron chi connectivity index (χ0n) is 12.7. The van der Waals surface area contributed by atoms with Crippen LogP contribution in [0.15, 0.2) is 35.7 Å². The van der Waals surface area contributed by atoms with Gasteiger partial charge in [-0.3, -0.25) is 9.69 Å². The van der Waals surface area contributed by atoms with Crippen molar-refractivity contribution in [1.82, 2.24) is 15.2 Å². The number of thioether (sulfide) groups is 1. The van der Waals surface area contributed by atoms with Gasteiger partial charge >= 0.3 is 6.03 Å². The predicted molar refractivity (Wildman–Crippen MR) is 93.4 cm³/mol. The maximum atomic E-state index is 12.3. The van der Waals surface area contributed by atoms with Gasteiger partial charge in [-0.2, -0.15) is 11.8 Å². The van der Waals surface area contributed by atoms with Gasteiger partial charge in [0.15, 0.2) is 0 Å². The lowest BCUT2D eigenvalue weighted by molar-refractivity contribution is -0.127. The molecule has 1 atom stereocenters. The highest BCUT2D eigenvalue weighted by molar-refractivity contribution is 7.98. The lowest BCUT2D eigenvalue weighted by atomic mass is 10.2. The van der Waals surface area contributed by atoms with Crippen molar-refractivity contribution in [2.45, 2.75) is 19.0 Å². The molecule has 3 amide bonds. The third kappa shape index (κ3) is 3.56. The number of imide groups is 1. The van der Waals surface area contributed by atoms with Gasteiger partial charge in [0.2, 0.25) is 0 Å². The second-order valence-electron chi connectivity index (χ2n) is 5.22. The number of carbonyl (C=O) groups excluding carboxylic acids is 2. The van der Waals surface area contributed by atoms with Crippen LogP contribution in [0.25, 0.3) is 10.6 Å². The number of thiazole rings is 1. The van der Waals surface area contributed by atoms with E-state index in [2.05, 4.69) is 10.3 Å². The minimum absolute atomic E-state index is 0.154. The van der Waals surface area contributed by atoms with E-state index < -0.39 is 6.04 Å². The Morgan fingerprint density at radius 1 is 1.30 bits per heavy atom. The monoisotopic (exact) mass is 347 g/mol. The molecule has 1 saturated heterocycles. The normalized spacial score (nSPS) is 17.6. The number of nitrogens with one attached hydrogen (secondary N) is 1. The van der Waals surface area contributed by atoms with Crippen LogP contribution in [0.1, 0.15) is 12.1 Å². The fraction of sp³-hybridized carbons (Fsp3) is 0.312. The average Bonchev–Trinajstić information content (AvgIpc) is 3.14. The Labute approximate surface area is 143 Å². The Morgan fingerprint density at radius 3 is 2.83 bits per heavy atom. The van der Waals surface area contributed by atoms with Gasteiger partial charge in [0.05, 0.1) is 12.2 Å². The Balaban J connectivity index is 1.69. The van der Waals surface area contributed by atoms with Gasteiger partial charge < -0.3 is 5.32 Å². The van der Waals surface area contributed by atoms with Crippen LogP contribution in [0.3, 0.4) is 0 Å². The highest BCUT2D eigenvalue weighted by Gasteiger charge is 2.37.